The number of hydrogen-bond donors (Lipinski definition) is 2. The van der Waals surface area contributed by atoms with Gasteiger partial charge in [0.1, 0.15) is 6.61 Å². The van der Waals surface area contributed by atoms with Crippen LogP contribution in [-0.4, -0.2) is 55.3 Å². The number of amides is 2. The monoisotopic (exact) mass is 473 g/mol. The molecule has 0 bridgehead atoms. The average molecular weight is 474 g/mol. The number of benzene rings is 2. The molecule has 0 radical (unpaired) electrons. The lowest BCUT2D eigenvalue weighted by Crippen LogP contribution is -2.30. The fraction of sp³-hybridized carbons (Fsp3) is 0.440. The molecule has 8 heteroatoms. The normalized spacial score (nSPS) is 11.7. The number of thioether (sulfide) groups is 1. The molecule has 0 aliphatic carbocycles. The first-order chi connectivity index (χ1) is 15.9. The number of ether oxygens (including phenoxy) is 2. The van der Waals surface area contributed by atoms with Crippen LogP contribution in [0.15, 0.2) is 47.4 Å². The van der Waals surface area contributed by atoms with E-state index in [0.717, 1.165) is 35.8 Å². The largest absolute Gasteiger partial charge is 0.493 e. The third kappa shape index (κ3) is 8.98. The van der Waals surface area contributed by atoms with Crippen molar-refractivity contribution in [1.29, 1.82) is 0 Å². The minimum atomic E-state index is -0.263. The lowest BCUT2D eigenvalue weighted by Gasteiger charge is -2.19. The molecule has 33 heavy (non-hydrogen) atoms. The lowest BCUT2D eigenvalue weighted by molar-refractivity contribution is -0.120. The zero-order chi connectivity index (χ0) is 24.2. The molecule has 0 heterocycles. The summed E-state index contributed by atoms with van der Waals surface area (Å²) in [4.78, 5) is 26.9. The summed E-state index contributed by atoms with van der Waals surface area (Å²) in [7, 11) is 1.62. The van der Waals surface area contributed by atoms with Gasteiger partial charge >= 0.3 is 0 Å². The Labute approximate surface area is 201 Å². The van der Waals surface area contributed by atoms with Crippen molar-refractivity contribution in [2.75, 3.05) is 38.7 Å². The molecule has 1 unspecified atom stereocenters. The van der Waals surface area contributed by atoms with Crippen LogP contribution >= 0.6 is 11.8 Å². The van der Waals surface area contributed by atoms with Gasteiger partial charge in [-0.1, -0.05) is 19.9 Å². The Kier molecular flexibility index (Phi) is 11.1. The molecule has 0 saturated heterocycles. The summed E-state index contributed by atoms with van der Waals surface area (Å²) in [5, 5.41) is 5.45. The van der Waals surface area contributed by atoms with Crippen molar-refractivity contribution in [2.24, 2.45) is 0 Å². The summed E-state index contributed by atoms with van der Waals surface area (Å²) >= 11 is 1.47. The van der Waals surface area contributed by atoms with Gasteiger partial charge in [0, 0.05) is 30.6 Å². The van der Waals surface area contributed by atoms with Crippen molar-refractivity contribution < 1.29 is 19.1 Å². The van der Waals surface area contributed by atoms with Crippen LogP contribution in [0.25, 0.3) is 0 Å². The molecule has 0 aliphatic rings. The van der Waals surface area contributed by atoms with Crippen molar-refractivity contribution >= 4 is 29.3 Å². The highest BCUT2D eigenvalue weighted by Crippen LogP contribution is 2.28. The van der Waals surface area contributed by atoms with Gasteiger partial charge in [0.25, 0.3) is 0 Å². The third-order valence-electron chi connectivity index (χ3n) is 5.11. The van der Waals surface area contributed by atoms with E-state index in [1.54, 1.807) is 7.11 Å². The molecule has 2 aromatic rings. The topological polar surface area (TPSA) is 79.9 Å². The molecule has 0 aliphatic heterocycles. The number of methoxy groups -OCH3 is 1. The average Bonchev–Trinajstić information content (AvgIpc) is 2.81. The van der Waals surface area contributed by atoms with E-state index in [4.69, 9.17) is 9.47 Å². The molecule has 0 aromatic heterocycles. The van der Waals surface area contributed by atoms with Crippen LogP contribution in [0.5, 0.6) is 11.5 Å². The van der Waals surface area contributed by atoms with E-state index in [1.165, 1.54) is 18.7 Å². The number of likely N-dealkylation sites (N-methyl/N-ethyl adjacent to an activating group) is 1. The second kappa shape index (κ2) is 13.7. The van der Waals surface area contributed by atoms with E-state index in [-0.39, 0.29) is 17.1 Å². The molecule has 0 saturated carbocycles. The van der Waals surface area contributed by atoms with Gasteiger partial charge in [-0.2, -0.15) is 0 Å². The predicted molar refractivity (Wildman–Crippen MR) is 134 cm³/mol. The molecule has 2 N–H and O–H groups in total. The number of hydrogen-bond acceptors (Lipinski definition) is 6. The van der Waals surface area contributed by atoms with Crippen LogP contribution in [0.3, 0.4) is 0 Å². The maximum atomic E-state index is 12.6. The van der Waals surface area contributed by atoms with Gasteiger partial charge in [0.05, 0.1) is 12.4 Å². The smallest absolute Gasteiger partial charge is 0.233 e. The fourth-order valence-corrected chi connectivity index (χ4v) is 4.07. The van der Waals surface area contributed by atoms with Crippen LogP contribution in [-0.2, 0) is 16.1 Å². The second-order valence-electron chi connectivity index (χ2n) is 7.54. The molecule has 2 rings (SSSR count). The first-order valence-electron chi connectivity index (χ1n) is 11.2. The Morgan fingerprint density at radius 1 is 1.06 bits per heavy atom. The number of nitrogens with one attached hydrogen (secondary N) is 2. The van der Waals surface area contributed by atoms with Crippen molar-refractivity contribution in [1.82, 2.24) is 10.2 Å². The maximum Gasteiger partial charge on any atom is 0.233 e. The third-order valence-corrected chi connectivity index (χ3v) is 6.22. The summed E-state index contributed by atoms with van der Waals surface area (Å²) in [6.45, 7) is 11.5. The van der Waals surface area contributed by atoms with E-state index in [1.807, 2.05) is 49.4 Å². The van der Waals surface area contributed by atoms with E-state index < -0.39 is 0 Å². The number of carbonyl (C=O) groups is 2. The van der Waals surface area contributed by atoms with Gasteiger partial charge in [0.2, 0.25) is 11.8 Å². The SMILES string of the molecule is CCN(CC)CCOc1ccc(CNC(=O)C(C)Sc2ccc(NC(C)=O)cc2)cc1OC. The van der Waals surface area contributed by atoms with E-state index in [9.17, 15) is 9.59 Å². The van der Waals surface area contributed by atoms with Gasteiger partial charge in [-0.3, -0.25) is 9.59 Å². The minimum absolute atomic E-state index is 0.0514. The number of rotatable bonds is 13. The predicted octanol–water partition coefficient (Wildman–Crippen LogP) is 4.17. The maximum absolute atomic E-state index is 12.6. The zero-order valence-corrected chi connectivity index (χ0v) is 21.0. The van der Waals surface area contributed by atoms with Gasteiger partial charge in [-0.15, -0.1) is 11.8 Å². The van der Waals surface area contributed by atoms with Gasteiger partial charge in [-0.25, -0.2) is 0 Å². The Bertz CT molecular complexity index is 901. The minimum Gasteiger partial charge on any atom is -0.493 e. The highest BCUT2D eigenvalue weighted by molar-refractivity contribution is 8.00. The Balaban J connectivity index is 1.86. The van der Waals surface area contributed by atoms with Gasteiger partial charge in [-0.05, 0) is 62.0 Å². The Hall–Kier alpha value is -2.71. The van der Waals surface area contributed by atoms with Crippen LogP contribution < -0.4 is 20.1 Å². The molecule has 2 aromatic carbocycles. The molecular formula is C25H35N3O4S. The van der Waals surface area contributed by atoms with E-state index in [0.29, 0.717) is 24.7 Å². The van der Waals surface area contributed by atoms with Crippen LogP contribution in [0.1, 0.15) is 33.3 Å². The first-order valence-corrected chi connectivity index (χ1v) is 12.1. The van der Waals surface area contributed by atoms with Crippen LogP contribution in [0.4, 0.5) is 5.69 Å². The molecule has 2 amide bonds. The summed E-state index contributed by atoms with van der Waals surface area (Å²) in [5.74, 6) is 1.19. The molecule has 7 nitrogen and oxygen atoms in total. The number of nitrogens with zero attached hydrogens (tertiary/aromatic N) is 1. The Morgan fingerprint density at radius 3 is 2.36 bits per heavy atom. The van der Waals surface area contributed by atoms with Gasteiger partial charge < -0.3 is 25.0 Å². The van der Waals surface area contributed by atoms with Crippen molar-refractivity contribution in [3.63, 3.8) is 0 Å². The van der Waals surface area contributed by atoms with Crippen LogP contribution in [0.2, 0.25) is 0 Å². The summed E-state index contributed by atoms with van der Waals surface area (Å²) in [6.07, 6.45) is 0. The standard InChI is InChI=1S/C25H35N3O4S/c1-6-28(7-2)14-15-32-23-13-8-20(16-24(23)31-5)17-26-25(30)18(3)33-22-11-9-21(10-12-22)27-19(4)29/h8-13,16,18H,6-7,14-15,17H2,1-5H3,(H,26,30)(H,27,29). The quantitative estimate of drug-likeness (QED) is 0.425. The summed E-state index contributed by atoms with van der Waals surface area (Å²) < 4.78 is 11.4. The zero-order valence-electron chi connectivity index (χ0n) is 20.1. The number of anilines is 1. The lowest BCUT2D eigenvalue weighted by atomic mass is 10.2. The number of carbonyl (C=O) groups excluding carboxylic acids is 2. The summed E-state index contributed by atoms with van der Waals surface area (Å²) in [6, 6.07) is 13.2. The van der Waals surface area contributed by atoms with Crippen LogP contribution in [0, 0.1) is 0 Å². The fourth-order valence-electron chi connectivity index (χ4n) is 3.18. The highest BCUT2D eigenvalue weighted by Gasteiger charge is 2.15. The van der Waals surface area contributed by atoms with E-state index >= 15 is 0 Å². The first kappa shape index (κ1) is 26.5. The highest BCUT2D eigenvalue weighted by atomic mass is 32.2. The Morgan fingerprint density at radius 2 is 1.76 bits per heavy atom. The van der Waals surface area contributed by atoms with Crippen molar-refractivity contribution in [3.8, 4) is 11.5 Å². The summed E-state index contributed by atoms with van der Waals surface area (Å²) in [5.41, 5.74) is 1.67. The molecule has 1 atom stereocenters. The molecule has 0 spiro atoms. The molecule has 0 fully saturated rings. The van der Waals surface area contributed by atoms with Crippen molar-refractivity contribution in [3.05, 3.63) is 48.0 Å². The van der Waals surface area contributed by atoms with E-state index in [2.05, 4.69) is 29.4 Å². The van der Waals surface area contributed by atoms with Gasteiger partial charge in [0.15, 0.2) is 11.5 Å². The van der Waals surface area contributed by atoms with Crippen molar-refractivity contribution in [2.45, 2.75) is 44.4 Å². The second-order valence-corrected chi connectivity index (χ2v) is 8.96. The molecular weight excluding hydrogens is 438 g/mol. The molecule has 180 valence electrons.